The predicted octanol–water partition coefficient (Wildman–Crippen LogP) is 0.0978. The van der Waals surface area contributed by atoms with Crippen LogP contribution in [0, 0.1) is 6.92 Å². The first-order valence-corrected chi connectivity index (χ1v) is 9.57. The van der Waals surface area contributed by atoms with Gasteiger partial charge in [-0.2, -0.15) is 4.68 Å². The zero-order chi connectivity index (χ0) is 22.5. The predicted molar refractivity (Wildman–Crippen MR) is 103 cm³/mol. The molecule has 0 aliphatic heterocycles. The Bertz CT molecular complexity index is 1140. The lowest BCUT2D eigenvalue weighted by Crippen LogP contribution is -2.42. The molecule has 0 radical (unpaired) electrons. The van der Waals surface area contributed by atoms with Gasteiger partial charge in [0.1, 0.15) is 25.3 Å². The Hall–Kier alpha value is -3.81. The number of aryl methyl sites for hydroxylation is 1. The summed E-state index contributed by atoms with van der Waals surface area (Å²) in [6.45, 7) is 0.229. The molecule has 0 aliphatic carbocycles. The van der Waals surface area contributed by atoms with E-state index in [1.807, 2.05) is 6.92 Å². The Kier molecular flexibility index (Phi) is 6.59. The van der Waals surface area contributed by atoms with Crippen molar-refractivity contribution in [1.29, 1.82) is 0 Å². The maximum Gasteiger partial charge on any atom is 0.437 e. The molecule has 0 aromatic carbocycles. The van der Waals surface area contributed by atoms with Crippen LogP contribution < -0.4 is 5.76 Å². The monoisotopic (exact) mass is 451 g/mol. The summed E-state index contributed by atoms with van der Waals surface area (Å²) in [4.78, 5) is 52.9. The average molecular weight is 451 g/mol. The van der Waals surface area contributed by atoms with Crippen LogP contribution in [0.3, 0.4) is 0 Å². The third kappa shape index (κ3) is 5.22. The van der Waals surface area contributed by atoms with Gasteiger partial charge >= 0.3 is 17.7 Å². The molecular formula is C17H17N5O8S. The second kappa shape index (κ2) is 9.34. The Balaban J connectivity index is 1.77. The lowest BCUT2D eigenvalue weighted by molar-refractivity contribution is -0.152. The molecule has 0 saturated carbocycles. The number of hydrogen-bond acceptors (Lipinski definition) is 12. The quantitative estimate of drug-likeness (QED) is 0.427. The van der Waals surface area contributed by atoms with Gasteiger partial charge in [-0.1, -0.05) is 5.16 Å². The minimum atomic E-state index is -0.937. The van der Waals surface area contributed by atoms with Crippen molar-refractivity contribution >= 4 is 29.2 Å². The third-order valence-electron chi connectivity index (χ3n) is 3.94. The highest BCUT2D eigenvalue weighted by molar-refractivity contribution is 7.09. The maximum atomic E-state index is 12.5. The Labute approximate surface area is 178 Å². The number of ether oxygens (including phenoxy) is 2. The van der Waals surface area contributed by atoms with E-state index < -0.39 is 43.2 Å². The molecule has 1 amide bonds. The number of amides is 1. The molecule has 14 heteroatoms. The van der Waals surface area contributed by atoms with E-state index in [-0.39, 0.29) is 11.6 Å². The van der Waals surface area contributed by atoms with Crippen molar-refractivity contribution in [1.82, 2.24) is 24.8 Å². The molecule has 3 heterocycles. The zero-order valence-corrected chi connectivity index (χ0v) is 17.5. The largest absolute Gasteiger partial charge is 0.468 e. The van der Waals surface area contributed by atoms with Crippen molar-refractivity contribution in [3.63, 3.8) is 0 Å². The summed E-state index contributed by atoms with van der Waals surface area (Å²) >= 11 is 1.43. The van der Waals surface area contributed by atoms with Crippen LogP contribution in [0.5, 0.6) is 0 Å². The van der Waals surface area contributed by atoms with Gasteiger partial charge in [-0.05, 0) is 6.92 Å². The van der Waals surface area contributed by atoms with Crippen molar-refractivity contribution in [3.8, 4) is 23.0 Å². The molecule has 0 atom stereocenters. The lowest BCUT2D eigenvalue weighted by atomic mass is 10.3. The van der Waals surface area contributed by atoms with Crippen molar-refractivity contribution in [3.05, 3.63) is 27.0 Å². The number of hydrogen-bond donors (Lipinski definition) is 0. The van der Waals surface area contributed by atoms with E-state index in [0.29, 0.717) is 11.5 Å². The third-order valence-corrected chi connectivity index (χ3v) is 4.71. The summed E-state index contributed by atoms with van der Waals surface area (Å²) in [6.07, 6.45) is 0. The highest BCUT2D eigenvalue weighted by Gasteiger charge is 2.24. The number of methoxy groups -OCH3 is 2. The second-order valence-electron chi connectivity index (χ2n) is 6.06. The maximum absolute atomic E-state index is 12.5. The fourth-order valence-electron chi connectivity index (χ4n) is 2.38. The van der Waals surface area contributed by atoms with Crippen LogP contribution in [0.4, 0.5) is 0 Å². The van der Waals surface area contributed by atoms with Gasteiger partial charge in [0, 0.05) is 11.4 Å². The SMILES string of the molecule is COC(=O)CN(CC(=O)OC)C(=O)Cn1nc(-c2cc(-c3csc(C)n3)on2)oc1=O. The van der Waals surface area contributed by atoms with Crippen molar-refractivity contribution in [2.45, 2.75) is 13.5 Å². The van der Waals surface area contributed by atoms with Crippen LogP contribution >= 0.6 is 11.3 Å². The van der Waals surface area contributed by atoms with Crippen molar-refractivity contribution in [2.24, 2.45) is 0 Å². The zero-order valence-electron chi connectivity index (χ0n) is 16.7. The van der Waals surface area contributed by atoms with Gasteiger partial charge in [-0.25, -0.2) is 9.78 Å². The second-order valence-corrected chi connectivity index (χ2v) is 7.12. The summed E-state index contributed by atoms with van der Waals surface area (Å²) in [5.74, 6) is -3.01. The van der Waals surface area contributed by atoms with Gasteiger partial charge in [-0.3, -0.25) is 14.4 Å². The summed E-state index contributed by atoms with van der Waals surface area (Å²) in [5, 5.41) is 10.4. The molecule has 3 rings (SSSR count). The molecule has 3 aromatic heterocycles. The molecule has 13 nitrogen and oxygen atoms in total. The smallest absolute Gasteiger partial charge is 0.437 e. The van der Waals surface area contributed by atoms with Crippen LogP contribution in [-0.2, 0) is 30.4 Å². The first kappa shape index (κ1) is 21.9. The lowest BCUT2D eigenvalue weighted by Gasteiger charge is -2.19. The van der Waals surface area contributed by atoms with Crippen molar-refractivity contribution < 1.29 is 32.8 Å². The molecule has 0 N–H and O–H groups in total. The minimum absolute atomic E-state index is 0.130. The van der Waals surface area contributed by atoms with Gasteiger partial charge < -0.3 is 23.3 Å². The van der Waals surface area contributed by atoms with E-state index in [4.69, 9.17) is 8.94 Å². The summed E-state index contributed by atoms with van der Waals surface area (Å²) in [6, 6.07) is 1.49. The van der Waals surface area contributed by atoms with Crippen molar-refractivity contribution in [2.75, 3.05) is 27.3 Å². The van der Waals surface area contributed by atoms with E-state index in [1.165, 1.54) is 17.4 Å². The van der Waals surface area contributed by atoms with Gasteiger partial charge in [0.05, 0.1) is 19.2 Å². The molecular weight excluding hydrogens is 434 g/mol. The van der Waals surface area contributed by atoms with Crippen LogP contribution in [-0.4, -0.2) is 70.0 Å². The molecule has 0 saturated heterocycles. The molecule has 31 heavy (non-hydrogen) atoms. The standard InChI is InChI=1S/C17H17N5O8S/c1-9-18-11(8-31-9)12-4-10(20-30-12)16-19-22(17(26)29-16)5-13(23)21(6-14(24)27-2)7-15(25)28-3/h4,8H,5-7H2,1-3H3. The Morgan fingerprint density at radius 2 is 1.84 bits per heavy atom. The highest BCUT2D eigenvalue weighted by Crippen LogP contribution is 2.25. The average Bonchev–Trinajstić information content (AvgIpc) is 3.47. The fourth-order valence-corrected chi connectivity index (χ4v) is 2.99. The summed E-state index contributed by atoms with van der Waals surface area (Å²) in [5.41, 5.74) is 0.699. The number of rotatable bonds is 8. The Morgan fingerprint density at radius 3 is 2.42 bits per heavy atom. The van der Waals surface area contributed by atoms with Crippen LogP contribution in [0.2, 0.25) is 0 Å². The van der Waals surface area contributed by atoms with E-state index in [2.05, 4.69) is 24.7 Å². The van der Waals surface area contributed by atoms with E-state index >= 15 is 0 Å². The molecule has 0 fully saturated rings. The van der Waals surface area contributed by atoms with E-state index in [1.54, 1.807) is 5.38 Å². The number of carbonyl (C=O) groups excluding carboxylic acids is 3. The minimum Gasteiger partial charge on any atom is -0.468 e. The number of esters is 2. The topological polar surface area (TPSA) is 160 Å². The fraction of sp³-hybridized carbons (Fsp3) is 0.353. The Morgan fingerprint density at radius 1 is 1.16 bits per heavy atom. The van der Waals surface area contributed by atoms with Gasteiger partial charge in [-0.15, -0.1) is 16.4 Å². The molecule has 0 aliphatic rings. The number of aromatic nitrogens is 4. The molecule has 3 aromatic rings. The van der Waals surface area contributed by atoms with Gasteiger partial charge in [0.2, 0.25) is 5.91 Å². The number of thiazole rings is 1. The summed E-state index contributed by atoms with van der Waals surface area (Å²) < 4.78 is 20.0. The van der Waals surface area contributed by atoms with Crippen LogP contribution in [0.1, 0.15) is 5.01 Å². The van der Waals surface area contributed by atoms with Crippen LogP contribution in [0.25, 0.3) is 23.0 Å². The highest BCUT2D eigenvalue weighted by atomic mass is 32.1. The van der Waals surface area contributed by atoms with Crippen LogP contribution in [0.15, 0.2) is 25.2 Å². The number of carbonyl (C=O) groups is 3. The molecule has 164 valence electrons. The number of nitrogens with zero attached hydrogens (tertiary/aromatic N) is 5. The normalized spacial score (nSPS) is 10.7. The molecule has 0 bridgehead atoms. The van der Waals surface area contributed by atoms with Gasteiger partial charge in [0.15, 0.2) is 11.5 Å². The van der Waals surface area contributed by atoms with E-state index in [0.717, 1.165) is 28.8 Å². The molecule has 0 spiro atoms. The first-order chi connectivity index (χ1) is 14.8. The van der Waals surface area contributed by atoms with Gasteiger partial charge in [0.25, 0.3) is 5.89 Å². The molecule has 0 unspecified atom stereocenters. The summed E-state index contributed by atoms with van der Waals surface area (Å²) in [7, 11) is 2.27. The first-order valence-electron chi connectivity index (χ1n) is 8.69. The van der Waals surface area contributed by atoms with E-state index in [9.17, 15) is 19.2 Å².